The van der Waals surface area contributed by atoms with E-state index < -0.39 is 5.79 Å². The van der Waals surface area contributed by atoms with Gasteiger partial charge < -0.3 is 9.47 Å². The van der Waals surface area contributed by atoms with Crippen LogP contribution in [0.3, 0.4) is 0 Å². The second-order valence-corrected chi connectivity index (χ2v) is 5.72. The Morgan fingerprint density at radius 2 is 1.94 bits per heavy atom. The summed E-state index contributed by atoms with van der Waals surface area (Å²) in [4.78, 5) is 0. The summed E-state index contributed by atoms with van der Waals surface area (Å²) in [6.45, 7) is 7.02. The van der Waals surface area contributed by atoms with E-state index in [1.165, 1.54) is 11.1 Å². The molecule has 1 aromatic rings. The van der Waals surface area contributed by atoms with E-state index in [-0.39, 0.29) is 11.5 Å². The molecule has 0 spiro atoms. The minimum Gasteiger partial charge on any atom is -0.350 e. The molecule has 1 aliphatic heterocycles. The van der Waals surface area contributed by atoms with Crippen molar-refractivity contribution in [1.82, 2.24) is 0 Å². The van der Waals surface area contributed by atoms with E-state index in [1.54, 1.807) is 0 Å². The van der Waals surface area contributed by atoms with Gasteiger partial charge in [-0.05, 0) is 31.4 Å². The molecule has 2 atom stereocenters. The summed E-state index contributed by atoms with van der Waals surface area (Å²) < 4.78 is 11.9. The van der Waals surface area contributed by atoms with Crippen LogP contribution < -0.4 is 0 Å². The van der Waals surface area contributed by atoms with Crippen LogP contribution in [0.2, 0.25) is 0 Å². The normalized spacial score (nSPS) is 35.6. The van der Waals surface area contributed by atoms with Gasteiger partial charge in [0.15, 0.2) is 5.79 Å². The van der Waals surface area contributed by atoms with Crippen LogP contribution in [0.4, 0.5) is 0 Å². The van der Waals surface area contributed by atoms with E-state index in [1.807, 2.05) is 13.8 Å². The number of hydrogen-bond donors (Lipinski definition) is 0. The quantitative estimate of drug-likeness (QED) is 0.666. The molecule has 0 radical (unpaired) electrons. The van der Waals surface area contributed by atoms with E-state index in [0.29, 0.717) is 0 Å². The lowest BCUT2D eigenvalue weighted by Gasteiger charge is -2.44. The predicted molar refractivity (Wildman–Crippen MR) is 62.1 cm³/mol. The average Bonchev–Trinajstić information content (AvgIpc) is 2.51. The second kappa shape index (κ2) is 3.08. The van der Waals surface area contributed by atoms with Crippen molar-refractivity contribution in [3.8, 4) is 0 Å². The van der Waals surface area contributed by atoms with Gasteiger partial charge in [0.05, 0.1) is 12.7 Å². The zero-order valence-electron chi connectivity index (χ0n) is 10.1. The predicted octanol–water partition coefficient (Wildman–Crippen LogP) is 3.07. The third kappa shape index (κ3) is 1.40. The summed E-state index contributed by atoms with van der Waals surface area (Å²) in [6.07, 6.45) is 1.25. The molecule has 0 unspecified atom stereocenters. The fourth-order valence-corrected chi connectivity index (χ4v) is 2.84. The first-order chi connectivity index (χ1) is 7.50. The minimum absolute atomic E-state index is 0.110. The van der Waals surface area contributed by atoms with Crippen LogP contribution in [-0.2, 0) is 15.9 Å². The lowest BCUT2D eigenvalue weighted by atomic mass is 9.84. The highest BCUT2D eigenvalue weighted by Gasteiger charge is 2.50. The van der Waals surface area contributed by atoms with Gasteiger partial charge in [-0.15, -0.1) is 0 Å². The Morgan fingerprint density at radius 3 is 2.75 bits per heavy atom. The van der Waals surface area contributed by atoms with Crippen LogP contribution in [0.15, 0.2) is 24.3 Å². The first-order valence-electron chi connectivity index (χ1n) is 5.90. The first-order valence-corrected chi connectivity index (χ1v) is 5.90. The summed E-state index contributed by atoms with van der Waals surface area (Å²) in [6, 6.07) is 8.59. The van der Waals surface area contributed by atoms with Crippen molar-refractivity contribution in [2.24, 2.45) is 5.41 Å². The summed E-state index contributed by atoms with van der Waals surface area (Å²) >= 11 is 0. The van der Waals surface area contributed by atoms with E-state index in [2.05, 4.69) is 31.2 Å². The first kappa shape index (κ1) is 10.3. The molecule has 0 saturated carbocycles. The highest BCUT2D eigenvalue weighted by atomic mass is 16.7. The third-order valence-corrected chi connectivity index (χ3v) is 3.72. The molecular formula is C14H18O2. The van der Waals surface area contributed by atoms with Crippen molar-refractivity contribution in [1.29, 1.82) is 0 Å². The number of benzene rings is 1. The van der Waals surface area contributed by atoms with Crippen LogP contribution in [-0.4, -0.2) is 12.4 Å². The molecular weight excluding hydrogens is 200 g/mol. The second-order valence-electron chi connectivity index (χ2n) is 5.72. The largest absolute Gasteiger partial charge is 0.350 e. The molecule has 1 saturated heterocycles. The Balaban J connectivity index is 2.03. The van der Waals surface area contributed by atoms with Crippen molar-refractivity contribution >= 4 is 0 Å². The Hall–Kier alpha value is -0.860. The Labute approximate surface area is 96.6 Å². The maximum absolute atomic E-state index is 6.10. The van der Waals surface area contributed by atoms with Gasteiger partial charge in [0.2, 0.25) is 0 Å². The standard InChI is InChI=1S/C14H18O2/c1-13(2)15-9-14(3)8-10-6-4-5-7-11(10)12(14)16-13/h4-7,12H,8-9H2,1-3H3/t12-,14-/m1/s1. The molecule has 0 bridgehead atoms. The van der Waals surface area contributed by atoms with Crippen LogP contribution in [0.25, 0.3) is 0 Å². The fraction of sp³-hybridized carbons (Fsp3) is 0.571. The van der Waals surface area contributed by atoms with Gasteiger partial charge in [0.1, 0.15) is 0 Å². The zero-order valence-corrected chi connectivity index (χ0v) is 10.1. The number of rotatable bonds is 0. The van der Waals surface area contributed by atoms with E-state index in [4.69, 9.17) is 9.47 Å². The monoisotopic (exact) mass is 218 g/mol. The summed E-state index contributed by atoms with van der Waals surface area (Å²) in [5.41, 5.74) is 2.87. The number of fused-ring (bicyclic) bond motifs is 3. The van der Waals surface area contributed by atoms with Crippen molar-refractivity contribution in [2.45, 2.75) is 39.1 Å². The van der Waals surface area contributed by atoms with E-state index in [9.17, 15) is 0 Å². The molecule has 3 rings (SSSR count). The van der Waals surface area contributed by atoms with E-state index in [0.717, 1.165) is 13.0 Å². The maximum Gasteiger partial charge on any atom is 0.163 e. The van der Waals surface area contributed by atoms with Crippen molar-refractivity contribution in [3.05, 3.63) is 35.4 Å². The third-order valence-electron chi connectivity index (χ3n) is 3.72. The van der Waals surface area contributed by atoms with Crippen LogP contribution in [0.5, 0.6) is 0 Å². The number of ether oxygens (including phenoxy) is 2. The maximum atomic E-state index is 6.10. The van der Waals surface area contributed by atoms with Gasteiger partial charge in [-0.25, -0.2) is 0 Å². The number of hydrogen-bond acceptors (Lipinski definition) is 2. The molecule has 1 aromatic carbocycles. The Kier molecular flexibility index (Phi) is 1.99. The molecule has 0 amide bonds. The van der Waals surface area contributed by atoms with Gasteiger partial charge in [-0.1, -0.05) is 31.2 Å². The van der Waals surface area contributed by atoms with Gasteiger partial charge in [0, 0.05) is 5.41 Å². The van der Waals surface area contributed by atoms with Crippen LogP contribution in [0.1, 0.15) is 38.0 Å². The highest BCUT2D eigenvalue weighted by Crippen LogP contribution is 2.52. The Morgan fingerprint density at radius 1 is 1.19 bits per heavy atom. The average molecular weight is 218 g/mol. The zero-order chi connectivity index (χ0) is 11.4. The van der Waals surface area contributed by atoms with Crippen LogP contribution in [0, 0.1) is 5.41 Å². The SMILES string of the molecule is CC1(C)OC[C@@]2(C)Cc3ccccc3[C@H]2O1. The molecule has 2 aliphatic rings. The highest BCUT2D eigenvalue weighted by molar-refractivity contribution is 5.37. The van der Waals surface area contributed by atoms with Crippen LogP contribution >= 0.6 is 0 Å². The van der Waals surface area contributed by atoms with Gasteiger partial charge >= 0.3 is 0 Å². The smallest absolute Gasteiger partial charge is 0.163 e. The Bertz CT molecular complexity index is 424. The molecule has 1 fully saturated rings. The lowest BCUT2D eigenvalue weighted by Crippen LogP contribution is -2.45. The molecule has 1 aliphatic carbocycles. The van der Waals surface area contributed by atoms with Crippen molar-refractivity contribution in [2.75, 3.05) is 6.61 Å². The van der Waals surface area contributed by atoms with Gasteiger partial charge in [-0.3, -0.25) is 0 Å². The minimum atomic E-state index is -0.457. The molecule has 0 aromatic heterocycles. The molecule has 2 nitrogen and oxygen atoms in total. The van der Waals surface area contributed by atoms with Crippen molar-refractivity contribution < 1.29 is 9.47 Å². The van der Waals surface area contributed by atoms with Gasteiger partial charge in [0.25, 0.3) is 0 Å². The van der Waals surface area contributed by atoms with Crippen molar-refractivity contribution in [3.63, 3.8) is 0 Å². The molecule has 86 valence electrons. The van der Waals surface area contributed by atoms with E-state index >= 15 is 0 Å². The summed E-state index contributed by atoms with van der Waals surface area (Å²) in [5.74, 6) is -0.457. The lowest BCUT2D eigenvalue weighted by molar-refractivity contribution is -0.314. The summed E-state index contributed by atoms with van der Waals surface area (Å²) in [7, 11) is 0. The molecule has 1 heterocycles. The van der Waals surface area contributed by atoms with Gasteiger partial charge in [-0.2, -0.15) is 0 Å². The fourth-order valence-electron chi connectivity index (χ4n) is 2.84. The molecule has 0 N–H and O–H groups in total. The molecule has 2 heteroatoms. The molecule has 16 heavy (non-hydrogen) atoms. The topological polar surface area (TPSA) is 18.5 Å². The summed E-state index contributed by atoms with van der Waals surface area (Å²) in [5, 5.41) is 0.